The molecule has 0 aliphatic heterocycles. The molecule has 0 spiro atoms. The van der Waals surface area contributed by atoms with Crippen molar-refractivity contribution >= 4 is 22.6 Å². The van der Waals surface area contributed by atoms with Crippen molar-refractivity contribution in [2.45, 2.75) is 6.92 Å². The Morgan fingerprint density at radius 1 is 1.77 bits per heavy atom. The average Bonchev–Trinajstić information content (AvgIpc) is 2.44. The molecule has 0 aliphatic rings. The Morgan fingerprint density at radius 3 is 2.92 bits per heavy atom. The Bertz CT molecular complexity index is 351. The van der Waals surface area contributed by atoms with E-state index in [1.807, 2.05) is 6.92 Å². The number of hydrogen-bond donors (Lipinski definition) is 1. The molecule has 0 saturated carbocycles. The molecule has 1 aromatic heterocycles. The van der Waals surface area contributed by atoms with E-state index in [4.69, 9.17) is 17.3 Å². The van der Waals surface area contributed by atoms with E-state index < -0.39 is 0 Å². The molecule has 0 atom stereocenters. The van der Waals surface area contributed by atoms with E-state index in [1.54, 1.807) is 30.2 Å². The number of aromatic nitrogens is 2. The third-order valence-corrected chi connectivity index (χ3v) is 1.79. The number of allylic oxidation sites excluding steroid dienone is 1. The maximum Gasteiger partial charge on any atom is 0.158 e. The van der Waals surface area contributed by atoms with Gasteiger partial charge in [0.2, 0.25) is 0 Å². The van der Waals surface area contributed by atoms with Gasteiger partial charge in [-0.05, 0) is 6.92 Å². The van der Waals surface area contributed by atoms with Crippen LogP contribution in [0.15, 0.2) is 23.6 Å². The predicted octanol–water partition coefficient (Wildman–Crippen LogP) is 1.52. The van der Waals surface area contributed by atoms with Crippen molar-refractivity contribution in [2.24, 2.45) is 12.0 Å². The number of nitrogens with two attached hydrogens (primary N) is 1. The normalized spacial score (nSPS) is 12.7. The van der Waals surface area contributed by atoms with E-state index in [9.17, 15) is 0 Å². The molecule has 1 aromatic rings. The Labute approximate surface area is 81.7 Å². The van der Waals surface area contributed by atoms with Gasteiger partial charge in [0.25, 0.3) is 0 Å². The first-order valence-corrected chi connectivity index (χ1v) is 4.16. The van der Waals surface area contributed by atoms with E-state index in [2.05, 4.69) is 9.98 Å². The van der Waals surface area contributed by atoms with E-state index in [0.29, 0.717) is 16.7 Å². The summed E-state index contributed by atoms with van der Waals surface area (Å²) >= 11 is 5.85. The second-order valence-electron chi connectivity index (χ2n) is 2.49. The second kappa shape index (κ2) is 4.09. The first-order chi connectivity index (χ1) is 6.16. The van der Waals surface area contributed by atoms with Crippen molar-refractivity contribution in [3.05, 3.63) is 24.3 Å². The summed E-state index contributed by atoms with van der Waals surface area (Å²) in [6, 6.07) is 0. The smallest absolute Gasteiger partial charge is 0.158 e. The SMILES string of the molecule is C/C=C\N=C(\Cl)c1ncn(C)c1N. The van der Waals surface area contributed by atoms with Crippen LogP contribution < -0.4 is 5.73 Å². The zero-order valence-electron chi connectivity index (χ0n) is 7.53. The summed E-state index contributed by atoms with van der Waals surface area (Å²) in [6.07, 6.45) is 4.97. The lowest BCUT2D eigenvalue weighted by atomic mass is 10.4. The third kappa shape index (κ3) is 2.09. The van der Waals surface area contributed by atoms with Crippen molar-refractivity contribution in [1.82, 2.24) is 9.55 Å². The number of anilines is 1. The number of hydrogen-bond acceptors (Lipinski definition) is 3. The average molecular weight is 199 g/mol. The van der Waals surface area contributed by atoms with Gasteiger partial charge in [-0.2, -0.15) is 0 Å². The molecule has 4 nitrogen and oxygen atoms in total. The van der Waals surface area contributed by atoms with Gasteiger partial charge >= 0.3 is 0 Å². The van der Waals surface area contributed by atoms with Gasteiger partial charge in [-0.25, -0.2) is 9.98 Å². The maximum absolute atomic E-state index is 5.85. The molecule has 0 saturated heterocycles. The molecule has 0 amide bonds. The molecular formula is C8H11ClN4. The largest absolute Gasteiger partial charge is 0.383 e. The van der Waals surface area contributed by atoms with Gasteiger partial charge in [0.15, 0.2) is 5.17 Å². The lowest BCUT2D eigenvalue weighted by Crippen LogP contribution is -2.01. The van der Waals surface area contributed by atoms with Gasteiger partial charge in [-0.15, -0.1) is 0 Å². The summed E-state index contributed by atoms with van der Waals surface area (Å²) in [6.45, 7) is 1.86. The monoisotopic (exact) mass is 198 g/mol. The number of nitrogen functional groups attached to an aromatic ring is 1. The molecule has 0 aliphatic carbocycles. The van der Waals surface area contributed by atoms with Crippen LogP contribution in [-0.2, 0) is 7.05 Å². The second-order valence-corrected chi connectivity index (χ2v) is 2.85. The predicted molar refractivity (Wildman–Crippen MR) is 54.8 cm³/mol. The van der Waals surface area contributed by atoms with Gasteiger partial charge < -0.3 is 10.3 Å². The standard InChI is InChI=1S/C8H11ClN4/c1-3-4-11-7(9)6-8(10)13(2)5-12-6/h3-5H,10H2,1-2H3/b4-3-,11-7+. The summed E-state index contributed by atoms with van der Waals surface area (Å²) < 4.78 is 1.68. The van der Waals surface area contributed by atoms with Crippen LogP contribution in [0, 0.1) is 0 Å². The third-order valence-electron chi connectivity index (χ3n) is 1.52. The number of aryl methyl sites for hydroxylation is 1. The highest BCUT2D eigenvalue weighted by Crippen LogP contribution is 2.11. The molecule has 0 unspecified atom stereocenters. The van der Waals surface area contributed by atoms with Crippen molar-refractivity contribution in [3.63, 3.8) is 0 Å². The Balaban J connectivity index is 3.01. The highest BCUT2D eigenvalue weighted by molar-refractivity contribution is 6.69. The van der Waals surface area contributed by atoms with Gasteiger partial charge in [-0.1, -0.05) is 17.7 Å². The number of imidazole rings is 1. The molecule has 0 fully saturated rings. The molecule has 70 valence electrons. The van der Waals surface area contributed by atoms with E-state index in [0.717, 1.165) is 0 Å². The summed E-state index contributed by atoms with van der Waals surface area (Å²) in [5.74, 6) is 0.512. The quantitative estimate of drug-likeness (QED) is 0.733. The molecule has 0 radical (unpaired) electrons. The van der Waals surface area contributed by atoms with Gasteiger partial charge in [0.1, 0.15) is 11.5 Å². The van der Waals surface area contributed by atoms with Crippen LogP contribution in [-0.4, -0.2) is 14.7 Å². The van der Waals surface area contributed by atoms with Crippen LogP contribution in [0.4, 0.5) is 5.82 Å². The number of aliphatic imine (C=N–C) groups is 1. The zero-order valence-corrected chi connectivity index (χ0v) is 8.28. The maximum atomic E-state index is 5.85. The summed E-state index contributed by atoms with van der Waals surface area (Å²) in [7, 11) is 1.80. The van der Waals surface area contributed by atoms with Gasteiger partial charge in [-0.3, -0.25) is 0 Å². The molecule has 13 heavy (non-hydrogen) atoms. The van der Waals surface area contributed by atoms with Crippen LogP contribution >= 0.6 is 11.6 Å². The number of halogens is 1. The van der Waals surface area contributed by atoms with Crippen molar-refractivity contribution < 1.29 is 0 Å². The Kier molecular flexibility index (Phi) is 3.08. The first kappa shape index (κ1) is 9.80. The van der Waals surface area contributed by atoms with Crippen molar-refractivity contribution in [1.29, 1.82) is 0 Å². The minimum Gasteiger partial charge on any atom is -0.383 e. The van der Waals surface area contributed by atoms with Crippen molar-refractivity contribution in [2.75, 3.05) is 5.73 Å². The summed E-state index contributed by atoms with van der Waals surface area (Å²) in [5, 5.41) is 0.302. The molecule has 5 heteroatoms. The molecule has 2 N–H and O–H groups in total. The molecule has 0 aromatic carbocycles. The highest BCUT2D eigenvalue weighted by Gasteiger charge is 2.08. The fourth-order valence-corrected chi connectivity index (χ4v) is 1.00. The van der Waals surface area contributed by atoms with Gasteiger partial charge in [0.05, 0.1) is 6.33 Å². The zero-order chi connectivity index (χ0) is 9.84. The molecular weight excluding hydrogens is 188 g/mol. The fraction of sp³-hybridized carbons (Fsp3) is 0.250. The summed E-state index contributed by atoms with van der Waals surface area (Å²) in [4.78, 5) is 7.94. The first-order valence-electron chi connectivity index (χ1n) is 3.78. The lowest BCUT2D eigenvalue weighted by Gasteiger charge is -1.95. The topological polar surface area (TPSA) is 56.2 Å². The van der Waals surface area contributed by atoms with E-state index in [-0.39, 0.29) is 0 Å². The minimum atomic E-state index is 0.302. The lowest BCUT2D eigenvalue weighted by molar-refractivity contribution is 0.925. The summed E-state index contributed by atoms with van der Waals surface area (Å²) in [5.41, 5.74) is 6.20. The minimum absolute atomic E-state index is 0.302. The van der Waals surface area contributed by atoms with E-state index >= 15 is 0 Å². The molecule has 1 heterocycles. The van der Waals surface area contributed by atoms with Crippen LogP contribution in [0.25, 0.3) is 0 Å². The van der Waals surface area contributed by atoms with Crippen LogP contribution in [0.5, 0.6) is 0 Å². The van der Waals surface area contributed by atoms with Crippen LogP contribution in [0.1, 0.15) is 12.6 Å². The Morgan fingerprint density at radius 2 is 2.46 bits per heavy atom. The van der Waals surface area contributed by atoms with E-state index in [1.165, 1.54) is 0 Å². The van der Waals surface area contributed by atoms with Crippen molar-refractivity contribution in [3.8, 4) is 0 Å². The van der Waals surface area contributed by atoms with Gasteiger partial charge in [0, 0.05) is 13.2 Å². The molecule has 1 rings (SSSR count). The van der Waals surface area contributed by atoms with Crippen LogP contribution in [0.3, 0.4) is 0 Å². The Hall–Kier alpha value is -1.29. The number of rotatable bonds is 2. The van der Waals surface area contributed by atoms with Crippen LogP contribution in [0.2, 0.25) is 0 Å². The fourth-order valence-electron chi connectivity index (χ4n) is 0.800. The molecule has 0 bridgehead atoms. The number of nitrogens with zero attached hydrogens (tertiary/aromatic N) is 3. The highest BCUT2D eigenvalue weighted by atomic mass is 35.5.